The van der Waals surface area contributed by atoms with Crippen LogP contribution < -0.4 is 9.64 Å². The molecule has 0 saturated carbocycles. The third-order valence-electron chi connectivity index (χ3n) is 9.02. The molecule has 1 aromatic carbocycles. The third-order valence-corrected chi connectivity index (χ3v) is 9.02. The molecule has 0 radical (unpaired) electrons. The van der Waals surface area contributed by atoms with Crippen molar-refractivity contribution < 1.29 is 27.9 Å². The van der Waals surface area contributed by atoms with Crippen LogP contribution in [-0.4, -0.2) is 72.7 Å². The maximum Gasteiger partial charge on any atom is 0.324 e. The van der Waals surface area contributed by atoms with E-state index in [4.69, 9.17) is 18.7 Å². The fourth-order valence-electron chi connectivity index (χ4n) is 6.34. The predicted octanol–water partition coefficient (Wildman–Crippen LogP) is 5.18. The zero-order chi connectivity index (χ0) is 28.4. The summed E-state index contributed by atoms with van der Waals surface area (Å²) in [4.78, 5) is 21.7. The average Bonchev–Trinajstić information content (AvgIpc) is 3.68. The monoisotopic (exact) mass is 568 g/mol. The van der Waals surface area contributed by atoms with E-state index in [1.165, 1.54) is 0 Å². The molecule has 4 heterocycles. The van der Waals surface area contributed by atoms with Gasteiger partial charge in [-0.2, -0.15) is 4.98 Å². The number of allylic oxidation sites excluding steroid dienone is 2. The molecule has 222 valence electrons. The van der Waals surface area contributed by atoms with Crippen LogP contribution in [0.4, 0.5) is 10.4 Å². The number of rotatable bonds is 7. The topological polar surface area (TPSA) is 90.2 Å². The fraction of sp³-hybridized carbons (Fsp3) is 0.645. The predicted molar refractivity (Wildman–Crippen MR) is 151 cm³/mol. The maximum atomic E-state index is 15.0. The molecule has 1 unspecified atom stereocenters. The van der Waals surface area contributed by atoms with E-state index in [0.717, 1.165) is 68.6 Å². The minimum Gasteiger partial charge on any atom is -0.490 e. The molecule has 4 aliphatic rings. The van der Waals surface area contributed by atoms with E-state index in [9.17, 15) is 4.79 Å². The summed E-state index contributed by atoms with van der Waals surface area (Å²) in [5.41, 5.74) is 1.96. The first-order chi connectivity index (χ1) is 19.9. The van der Waals surface area contributed by atoms with E-state index >= 15 is 4.39 Å². The van der Waals surface area contributed by atoms with Gasteiger partial charge in [-0.05, 0) is 61.3 Å². The van der Waals surface area contributed by atoms with Gasteiger partial charge in [0.25, 0.3) is 0 Å². The molecule has 1 amide bonds. The fourth-order valence-corrected chi connectivity index (χ4v) is 6.34. The molecule has 3 aliphatic heterocycles. The molecule has 3 fully saturated rings. The minimum absolute atomic E-state index is 0.0193. The number of likely N-dealkylation sites (tertiary alicyclic amines) is 1. The number of amides is 1. The number of hydrogen-bond acceptors (Lipinski definition) is 8. The highest BCUT2D eigenvalue weighted by Gasteiger charge is 2.41. The van der Waals surface area contributed by atoms with Gasteiger partial charge in [-0.3, -0.25) is 4.79 Å². The van der Waals surface area contributed by atoms with Crippen LogP contribution in [0.2, 0.25) is 0 Å². The molecule has 0 bridgehead atoms. The van der Waals surface area contributed by atoms with E-state index in [2.05, 4.69) is 21.1 Å². The normalized spacial score (nSPS) is 23.3. The number of carbonyl (C=O) groups excluding carboxylic acids is 1. The molecule has 1 spiro atoms. The number of piperidine rings is 2. The van der Waals surface area contributed by atoms with Crippen molar-refractivity contribution >= 4 is 17.5 Å². The van der Waals surface area contributed by atoms with Crippen LogP contribution in [0.1, 0.15) is 76.1 Å². The van der Waals surface area contributed by atoms with Gasteiger partial charge >= 0.3 is 6.01 Å². The Balaban J connectivity index is 0.964. The van der Waals surface area contributed by atoms with Crippen LogP contribution in [-0.2, 0) is 14.3 Å². The summed E-state index contributed by atoms with van der Waals surface area (Å²) in [6, 6.07) is 5.82. The molecule has 41 heavy (non-hydrogen) atoms. The number of hydrogen-bond donors (Lipinski definition) is 0. The summed E-state index contributed by atoms with van der Waals surface area (Å²) in [5.74, 6) is 0.973. The van der Waals surface area contributed by atoms with Crippen molar-refractivity contribution in [1.82, 2.24) is 15.0 Å². The Hall–Kier alpha value is -2.98. The van der Waals surface area contributed by atoms with Crippen LogP contribution in [0.3, 0.4) is 0 Å². The Morgan fingerprint density at radius 1 is 1.12 bits per heavy atom. The Morgan fingerprint density at radius 2 is 1.88 bits per heavy atom. The van der Waals surface area contributed by atoms with Crippen LogP contribution in [0.15, 0.2) is 28.8 Å². The lowest BCUT2D eigenvalue weighted by molar-refractivity contribution is -0.188. The van der Waals surface area contributed by atoms with Gasteiger partial charge in [0.15, 0.2) is 23.2 Å². The van der Waals surface area contributed by atoms with Crippen molar-refractivity contribution in [3.8, 4) is 5.75 Å². The molecular weight excluding hydrogens is 527 g/mol. The lowest BCUT2D eigenvalue weighted by Crippen LogP contribution is -2.49. The second-order valence-corrected chi connectivity index (χ2v) is 12.1. The quantitative estimate of drug-likeness (QED) is 0.452. The largest absolute Gasteiger partial charge is 0.490 e. The second kappa shape index (κ2) is 12.1. The molecule has 3 saturated heterocycles. The lowest BCUT2D eigenvalue weighted by atomic mass is 9.85. The molecule has 9 nitrogen and oxygen atoms in total. The third kappa shape index (κ3) is 6.28. The van der Waals surface area contributed by atoms with E-state index in [-0.39, 0.29) is 29.3 Å². The van der Waals surface area contributed by atoms with Gasteiger partial charge in [-0.1, -0.05) is 31.1 Å². The number of carbonyl (C=O) groups is 1. The number of benzene rings is 1. The molecule has 1 atom stereocenters. The molecule has 10 heteroatoms. The van der Waals surface area contributed by atoms with Crippen LogP contribution in [0.5, 0.6) is 5.75 Å². The van der Waals surface area contributed by atoms with Gasteiger partial charge in [-0.25, -0.2) is 4.39 Å². The first kappa shape index (κ1) is 28.2. The first-order valence-electron chi connectivity index (χ1n) is 15.2. The van der Waals surface area contributed by atoms with E-state index in [0.29, 0.717) is 51.3 Å². The molecule has 6 rings (SSSR count). The molecule has 0 N–H and O–H groups in total. The highest BCUT2D eigenvalue weighted by Crippen LogP contribution is 2.36. The standard InChI is InChI=1S/C31H41FN4O5/c1-21(2)28-33-30(41-34-28)36-13-9-22(10-14-36)20-38-27-8-7-25(19-26(27)32)23-3-5-24(6-4-23)29(37)35-15-11-31(12-16-35)39-17-18-40-31/h3,7-8,19,21-22,24H,4-6,9-18,20H2,1-2H3. The van der Waals surface area contributed by atoms with E-state index in [1.54, 1.807) is 12.1 Å². The van der Waals surface area contributed by atoms with Crippen molar-refractivity contribution in [2.24, 2.45) is 11.8 Å². The van der Waals surface area contributed by atoms with Crippen LogP contribution in [0, 0.1) is 17.7 Å². The van der Waals surface area contributed by atoms with E-state index < -0.39 is 5.79 Å². The zero-order valence-electron chi connectivity index (χ0n) is 24.1. The van der Waals surface area contributed by atoms with Crippen molar-refractivity contribution in [2.75, 3.05) is 50.9 Å². The smallest absolute Gasteiger partial charge is 0.324 e. The Labute approximate surface area is 241 Å². The lowest BCUT2D eigenvalue weighted by Gasteiger charge is -2.39. The van der Waals surface area contributed by atoms with Gasteiger partial charge in [0.05, 0.1) is 19.8 Å². The zero-order valence-corrected chi connectivity index (χ0v) is 24.1. The Morgan fingerprint density at radius 3 is 2.51 bits per heavy atom. The van der Waals surface area contributed by atoms with Crippen LogP contribution >= 0.6 is 0 Å². The van der Waals surface area contributed by atoms with E-state index in [1.807, 2.05) is 24.8 Å². The maximum absolute atomic E-state index is 15.0. The summed E-state index contributed by atoms with van der Waals surface area (Å²) in [5, 5.41) is 4.06. The summed E-state index contributed by atoms with van der Waals surface area (Å²) < 4.78 is 37.9. The van der Waals surface area contributed by atoms with Gasteiger partial charge in [-0.15, -0.1) is 0 Å². The van der Waals surface area contributed by atoms with Crippen LogP contribution in [0.25, 0.3) is 5.57 Å². The summed E-state index contributed by atoms with van der Waals surface area (Å²) >= 11 is 0. The second-order valence-electron chi connectivity index (χ2n) is 12.1. The van der Waals surface area contributed by atoms with Gasteiger partial charge in [0.2, 0.25) is 5.91 Å². The van der Waals surface area contributed by atoms with Crippen molar-refractivity contribution in [3.63, 3.8) is 0 Å². The number of nitrogens with zero attached hydrogens (tertiary/aromatic N) is 4. The van der Waals surface area contributed by atoms with Crippen molar-refractivity contribution in [1.29, 1.82) is 0 Å². The molecule has 2 aromatic rings. The van der Waals surface area contributed by atoms with Gasteiger partial charge in [0.1, 0.15) is 0 Å². The Bertz CT molecular complexity index is 1240. The van der Waals surface area contributed by atoms with Crippen molar-refractivity contribution in [2.45, 2.75) is 70.5 Å². The van der Waals surface area contributed by atoms with Crippen molar-refractivity contribution in [3.05, 3.63) is 41.5 Å². The summed E-state index contributed by atoms with van der Waals surface area (Å²) in [6.45, 7) is 8.82. The number of aromatic nitrogens is 2. The Kier molecular flexibility index (Phi) is 8.30. The summed E-state index contributed by atoms with van der Waals surface area (Å²) in [7, 11) is 0. The minimum atomic E-state index is -0.470. The number of anilines is 1. The van der Waals surface area contributed by atoms with Gasteiger partial charge < -0.3 is 28.5 Å². The average molecular weight is 569 g/mol. The SMILES string of the molecule is CC(C)c1noc(N2CCC(COc3ccc(C4=CCC(C(=O)N5CCC6(CC5)OCCO6)CC4)cc3F)CC2)n1. The molecule has 1 aliphatic carbocycles. The summed E-state index contributed by atoms with van der Waals surface area (Å²) in [6.07, 6.45) is 7.65. The van der Waals surface area contributed by atoms with Gasteiger partial charge in [0, 0.05) is 50.9 Å². The highest BCUT2D eigenvalue weighted by molar-refractivity contribution is 5.81. The number of ether oxygens (including phenoxy) is 3. The molecule has 1 aromatic heterocycles. The molecular formula is C31H41FN4O5. The highest BCUT2D eigenvalue weighted by atomic mass is 19.1. The number of halogens is 1. The first-order valence-corrected chi connectivity index (χ1v) is 15.2.